The van der Waals surface area contributed by atoms with E-state index in [9.17, 15) is 14.4 Å². The first kappa shape index (κ1) is 18.3. The smallest absolute Gasteiger partial charge is 0.408 e. The van der Waals surface area contributed by atoms with E-state index in [1.54, 1.807) is 25.7 Å². The van der Waals surface area contributed by atoms with Crippen LogP contribution in [0.4, 0.5) is 4.79 Å². The molecular formula is C15H27N3O4. The van der Waals surface area contributed by atoms with E-state index >= 15 is 0 Å². The lowest BCUT2D eigenvalue weighted by Gasteiger charge is -2.32. The molecule has 1 aliphatic heterocycles. The quantitative estimate of drug-likeness (QED) is 0.811. The van der Waals surface area contributed by atoms with Crippen molar-refractivity contribution in [2.45, 2.75) is 58.6 Å². The van der Waals surface area contributed by atoms with Crippen LogP contribution in [0.25, 0.3) is 0 Å². The van der Waals surface area contributed by atoms with Gasteiger partial charge in [0.2, 0.25) is 11.8 Å². The van der Waals surface area contributed by atoms with Crippen molar-refractivity contribution in [3.05, 3.63) is 0 Å². The van der Waals surface area contributed by atoms with E-state index in [-0.39, 0.29) is 24.4 Å². The number of amides is 3. The zero-order valence-corrected chi connectivity index (χ0v) is 13.9. The lowest BCUT2D eigenvalue weighted by molar-refractivity contribution is -0.131. The fourth-order valence-corrected chi connectivity index (χ4v) is 2.18. The third-order valence-corrected chi connectivity index (χ3v) is 3.32. The van der Waals surface area contributed by atoms with Crippen molar-refractivity contribution in [1.29, 1.82) is 0 Å². The molecule has 0 atom stereocenters. The van der Waals surface area contributed by atoms with Crippen LogP contribution in [0.15, 0.2) is 0 Å². The predicted molar refractivity (Wildman–Crippen MR) is 82.3 cm³/mol. The Morgan fingerprint density at radius 1 is 1.18 bits per heavy atom. The number of carbonyl (C=O) groups is 3. The van der Waals surface area contributed by atoms with Gasteiger partial charge in [0.1, 0.15) is 12.1 Å². The molecular weight excluding hydrogens is 286 g/mol. The number of alkyl carbamates (subject to hydrolysis) is 1. The summed E-state index contributed by atoms with van der Waals surface area (Å²) in [5.74, 6) is -0.0949. The van der Waals surface area contributed by atoms with Crippen molar-refractivity contribution in [3.8, 4) is 0 Å². The number of hydrogen-bond acceptors (Lipinski definition) is 4. The Hall–Kier alpha value is -1.79. The number of hydrogen-bond donors (Lipinski definition) is 2. The number of ether oxygens (including phenoxy) is 1. The second-order valence-corrected chi connectivity index (χ2v) is 6.43. The molecule has 0 unspecified atom stereocenters. The largest absolute Gasteiger partial charge is 0.444 e. The van der Waals surface area contributed by atoms with Crippen molar-refractivity contribution < 1.29 is 19.1 Å². The molecule has 1 saturated heterocycles. The van der Waals surface area contributed by atoms with E-state index in [1.165, 1.54) is 0 Å². The molecule has 0 radical (unpaired) electrons. The fraction of sp³-hybridized carbons (Fsp3) is 0.800. The van der Waals surface area contributed by atoms with Gasteiger partial charge in [0.15, 0.2) is 0 Å². The van der Waals surface area contributed by atoms with Gasteiger partial charge in [-0.2, -0.15) is 0 Å². The number of carbonyl (C=O) groups excluding carboxylic acids is 3. The predicted octanol–water partition coefficient (Wildman–Crippen LogP) is 1.03. The van der Waals surface area contributed by atoms with E-state index in [2.05, 4.69) is 10.6 Å². The van der Waals surface area contributed by atoms with E-state index in [1.807, 2.05) is 6.92 Å². The van der Waals surface area contributed by atoms with E-state index in [0.717, 1.165) is 12.8 Å². The molecule has 22 heavy (non-hydrogen) atoms. The minimum atomic E-state index is -0.592. The lowest BCUT2D eigenvalue weighted by Crippen LogP contribution is -2.49. The second-order valence-electron chi connectivity index (χ2n) is 6.43. The zero-order valence-electron chi connectivity index (χ0n) is 13.9. The van der Waals surface area contributed by atoms with Crippen LogP contribution >= 0.6 is 0 Å². The van der Waals surface area contributed by atoms with E-state index in [4.69, 9.17) is 4.74 Å². The Morgan fingerprint density at radius 3 is 2.27 bits per heavy atom. The first-order valence-electron chi connectivity index (χ1n) is 7.75. The van der Waals surface area contributed by atoms with Crippen LogP contribution in [0.2, 0.25) is 0 Å². The van der Waals surface area contributed by atoms with Crippen LogP contribution in [0.5, 0.6) is 0 Å². The van der Waals surface area contributed by atoms with Crippen LogP contribution < -0.4 is 10.6 Å². The maximum absolute atomic E-state index is 12.0. The summed E-state index contributed by atoms with van der Waals surface area (Å²) in [5.41, 5.74) is -0.580. The van der Waals surface area contributed by atoms with Crippen molar-refractivity contribution in [1.82, 2.24) is 15.5 Å². The van der Waals surface area contributed by atoms with E-state index < -0.39 is 11.7 Å². The van der Waals surface area contributed by atoms with E-state index in [0.29, 0.717) is 19.5 Å². The molecule has 0 bridgehead atoms. The van der Waals surface area contributed by atoms with Gasteiger partial charge in [-0.25, -0.2) is 4.79 Å². The molecule has 7 heteroatoms. The number of piperidine rings is 1. The average Bonchev–Trinajstić information content (AvgIpc) is 2.43. The summed E-state index contributed by atoms with van der Waals surface area (Å²) >= 11 is 0. The third kappa shape index (κ3) is 6.78. The first-order valence-corrected chi connectivity index (χ1v) is 7.75. The van der Waals surface area contributed by atoms with Crippen LogP contribution in [0.3, 0.4) is 0 Å². The van der Waals surface area contributed by atoms with Crippen LogP contribution in [-0.4, -0.2) is 54.1 Å². The van der Waals surface area contributed by atoms with Gasteiger partial charge in [0, 0.05) is 25.6 Å². The van der Waals surface area contributed by atoms with Gasteiger partial charge in [-0.1, -0.05) is 6.92 Å². The zero-order chi connectivity index (χ0) is 16.8. The molecule has 1 heterocycles. The van der Waals surface area contributed by atoms with Crippen molar-refractivity contribution in [2.75, 3.05) is 19.6 Å². The molecule has 2 N–H and O–H groups in total. The highest BCUT2D eigenvalue weighted by Crippen LogP contribution is 2.11. The maximum Gasteiger partial charge on any atom is 0.408 e. The Labute approximate surface area is 131 Å². The molecule has 7 nitrogen and oxygen atoms in total. The summed E-state index contributed by atoms with van der Waals surface area (Å²) < 4.78 is 5.08. The first-order chi connectivity index (χ1) is 10.2. The topological polar surface area (TPSA) is 87.7 Å². The monoisotopic (exact) mass is 313 g/mol. The molecule has 126 valence electrons. The highest BCUT2D eigenvalue weighted by Gasteiger charge is 2.24. The molecule has 1 rings (SSSR count). The highest BCUT2D eigenvalue weighted by atomic mass is 16.6. The summed E-state index contributed by atoms with van der Waals surface area (Å²) in [4.78, 5) is 36.6. The minimum Gasteiger partial charge on any atom is -0.444 e. The molecule has 0 aromatic heterocycles. The molecule has 1 fully saturated rings. The van der Waals surface area contributed by atoms with Gasteiger partial charge >= 0.3 is 6.09 Å². The normalized spacial score (nSPS) is 16.1. The summed E-state index contributed by atoms with van der Waals surface area (Å²) in [6.07, 6.45) is 1.36. The third-order valence-electron chi connectivity index (χ3n) is 3.32. The van der Waals surface area contributed by atoms with Crippen LogP contribution in [-0.2, 0) is 14.3 Å². The van der Waals surface area contributed by atoms with Gasteiger partial charge in [-0.3, -0.25) is 9.59 Å². The van der Waals surface area contributed by atoms with Crippen molar-refractivity contribution >= 4 is 17.9 Å². The Bertz CT molecular complexity index is 410. The molecule has 3 amide bonds. The standard InChI is InChI=1S/C15H27N3O4/c1-5-12(19)17-11-6-8-18(9-7-11)13(20)10-16-14(21)22-15(2,3)4/h11H,5-10H2,1-4H3,(H,16,21)(H,17,19). The Kier molecular flexibility index (Phi) is 6.64. The molecule has 0 saturated carbocycles. The molecule has 0 aliphatic carbocycles. The van der Waals surface area contributed by atoms with Crippen LogP contribution in [0.1, 0.15) is 47.0 Å². The number of nitrogens with one attached hydrogen (secondary N) is 2. The van der Waals surface area contributed by atoms with Crippen molar-refractivity contribution in [3.63, 3.8) is 0 Å². The van der Waals surface area contributed by atoms with Gasteiger partial charge in [0.25, 0.3) is 0 Å². The summed E-state index contributed by atoms with van der Waals surface area (Å²) in [5, 5.41) is 5.40. The Balaban J connectivity index is 2.28. The number of rotatable bonds is 4. The van der Waals surface area contributed by atoms with Gasteiger partial charge in [-0.15, -0.1) is 0 Å². The summed E-state index contributed by atoms with van der Waals surface area (Å²) in [7, 11) is 0. The highest BCUT2D eigenvalue weighted by molar-refractivity contribution is 5.82. The van der Waals surface area contributed by atoms with Crippen LogP contribution in [0, 0.1) is 0 Å². The molecule has 1 aliphatic rings. The Morgan fingerprint density at radius 2 is 1.77 bits per heavy atom. The summed E-state index contributed by atoms with van der Waals surface area (Å²) in [6.45, 7) is 8.22. The second kappa shape index (κ2) is 8.00. The number of nitrogens with zero attached hydrogens (tertiary/aromatic N) is 1. The number of likely N-dealkylation sites (tertiary alicyclic amines) is 1. The van der Waals surface area contributed by atoms with Crippen molar-refractivity contribution in [2.24, 2.45) is 0 Å². The molecule has 0 aromatic carbocycles. The molecule has 0 spiro atoms. The SMILES string of the molecule is CCC(=O)NC1CCN(C(=O)CNC(=O)OC(C)(C)C)CC1. The summed E-state index contributed by atoms with van der Waals surface area (Å²) in [6, 6.07) is 0.135. The maximum atomic E-state index is 12.0. The minimum absolute atomic E-state index is 0.0383. The van der Waals surface area contributed by atoms with Gasteiger partial charge in [0.05, 0.1) is 0 Å². The lowest BCUT2D eigenvalue weighted by atomic mass is 10.0. The fourth-order valence-electron chi connectivity index (χ4n) is 2.18. The average molecular weight is 313 g/mol. The molecule has 0 aromatic rings. The van der Waals surface area contributed by atoms with Gasteiger partial charge < -0.3 is 20.3 Å². The van der Waals surface area contributed by atoms with Gasteiger partial charge in [-0.05, 0) is 33.6 Å².